The van der Waals surface area contributed by atoms with Crippen molar-refractivity contribution in [2.45, 2.75) is 6.42 Å². The highest BCUT2D eigenvalue weighted by Gasteiger charge is 2.21. The van der Waals surface area contributed by atoms with Crippen molar-refractivity contribution < 1.29 is 0 Å². The molecule has 0 unspecified atom stereocenters. The molecule has 4 heteroatoms. The molecule has 1 aliphatic heterocycles. The van der Waals surface area contributed by atoms with Crippen molar-refractivity contribution in [1.82, 2.24) is 9.97 Å². The van der Waals surface area contributed by atoms with Crippen LogP contribution in [0.15, 0.2) is 36.5 Å². The van der Waals surface area contributed by atoms with Gasteiger partial charge < -0.3 is 4.90 Å². The van der Waals surface area contributed by atoms with Crippen LogP contribution in [0.5, 0.6) is 0 Å². The molecule has 2 heterocycles. The van der Waals surface area contributed by atoms with Crippen molar-refractivity contribution in [1.29, 1.82) is 0 Å². The minimum atomic E-state index is 0.481. The average Bonchev–Trinajstić information content (AvgIpc) is 2.72. The largest absolute Gasteiger partial charge is 0.310 e. The zero-order valence-electron chi connectivity index (χ0n) is 8.60. The molecule has 0 amide bonds. The molecule has 1 aliphatic rings. The molecule has 1 aromatic heterocycles. The Morgan fingerprint density at radius 2 is 2.06 bits per heavy atom. The maximum absolute atomic E-state index is 5.87. The second-order valence-corrected chi connectivity index (χ2v) is 4.10. The van der Waals surface area contributed by atoms with E-state index in [1.807, 2.05) is 6.07 Å². The minimum absolute atomic E-state index is 0.481. The van der Waals surface area contributed by atoms with Gasteiger partial charge in [-0.3, -0.25) is 0 Å². The maximum atomic E-state index is 5.87. The zero-order chi connectivity index (χ0) is 11.0. The SMILES string of the molecule is Clc1ccnc(N2CCc3ccccc32)n1. The number of aromatic nitrogens is 2. The molecule has 3 rings (SSSR count). The number of para-hydroxylation sites is 1. The first-order chi connectivity index (χ1) is 7.84. The van der Waals surface area contributed by atoms with Gasteiger partial charge in [0.2, 0.25) is 5.95 Å². The summed E-state index contributed by atoms with van der Waals surface area (Å²) in [5.74, 6) is 0.678. The fourth-order valence-electron chi connectivity index (χ4n) is 2.00. The molecule has 80 valence electrons. The lowest BCUT2D eigenvalue weighted by Crippen LogP contribution is -2.16. The molecule has 3 nitrogen and oxygen atoms in total. The van der Waals surface area contributed by atoms with Gasteiger partial charge in [-0.25, -0.2) is 9.97 Å². The summed E-state index contributed by atoms with van der Waals surface area (Å²) < 4.78 is 0. The van der Waals surface area contributed by atoms with E-state index in [1.54, 1.807) is 12.3 Å². The molecule has 0 saturated carbocycles. The van der Waals surface area contributed by atoms with E-state index >= 15 is 0 Å². The van der Waals surface area contributed by atoms with Crippen LogP contribution >= 0.6 is 11.6 Å². The topological polar surface area (TPSA) is 29.0 Å². The minimum Gasteiger partial charge on any atom is -0.310 e. The van der Waals surface area contributed by atoms with E-state index in [1.165, 1.54) is 11.3 Å². The third kappa shape index (κ3) is 1.53. The first-order valence-electron chi connectivity index (χ1n) is 5.18. The standard InChI is InChI=1S/C12H10ClN3/c13-11-5-7-14-12(15-11)16-8-6-9-3-1-2-4-10(9)16/h1-5,7H,6,8H2. The van der Waals surface area contributed by atoms with Crippen LogP contribution in [-0.4, -0.2) is 16.5 Å². The van der Waals surface area contributed by atoms with Gasteiger partial charge in [-0.2, -0.15) is 0 Å². The molecule has 2 aromatic rings. The number of anilines is 2. The molecule has 16 heavy (non-hydrogen) atoms. The highest BCUT2D eigenvalue weighted by Crippen LogP contribution is 2.32. The Hall–Kier alpha value is -1.61. The van der Waals surface area contributed by atoms with Crippen molar-refractivity contribution in [3.63, 3.8) is 0 Å². The van der Waals surface area contributed by atoms with Crippen LogP contribution in [0.3, 0.4) is 0 Å². The van der Waals surface area contributed by atoms with Gasteiger partial charge in [0.05, 0.1) is 0 Å². The number of benzene rings is 1. The predicted octanol–water partition coefficient (Wildman–Crippen LogP) is 2.82. The lowest BCUT2D eigenvalue weighted by molar-refractivity contribution is 0.940. The van der Waals surface area contributed by atoms with Crippen LogP contribution in [-0.2, 0) is 6.42 Å². The first-order valence-corrected chi connectivity index (χ1v) is 5.56. The average molecular weight is 232 g/mol. The van der Waals surface area contributed by atoms with Gasteiger partial charge in [-0.1, -0.05) is 29.8 Å². The van der Waals surface area contributed by atoms with E-state index in [9.17, 15) is 0 Å². The van der Waals surface area contributed by atoms with Gasteiger partial charge in [-0.05, 0) is 24.1 Å². The van der Waals surface area contributed by atoms with Gasteiger partial charge in [0.1, 0.15) is 5.15 Å². The molecule has 0 bridgehead atoms. The third-order valence-electron chi connectivity index (χ3n) is 2.74. The molecular weight excluding hydrogens is 222 g/mol. The van der Waals surface area contributed by atoms with Crippen molar-refractivity contribution >= 4 is 23.2 Å². The lowest BCUT2D eigenvalue weighted by atomic mass is 10.2. The fourth-order valence-corrected chi connectivity index (χ4v) is 2.14. The fraction of sp³-hybridized carbons (Fsp3) is 0.167. The Balaban J connectivity index is 2.05. The summed E-state index contributed by atoms with van der Waals surface area (Å²) >= 11 is 5.87. The number of nitrogens with zero attached hydrogens (tertiary/aromatic N) is 3. The summed E-state index contributed by atoms with van der Waals surface area (Å²) in [4.78, 5) is 10.6. The van der Waals surface area contributed by atoms with E-state index in [0.29, 0.717) is 11.1 Å². The van der Waals surface area contributed by atoms with Crippen LogP contribution in [0.25, 0.3) is 0 Å². The van der Waals surface area contributed by atoms with Gasteiger partial charge in [0, 0.05) is 18.4 Å². The van der Waals surface area contributed by atoms with Crippen molar-refractivity contribution in [3.05, 3.63) is 47.2 Å². The van der Waals surface area contributed by atoms with Crippen LogP contribution in [0, 0.1) is 0 Å². The number of rotatable bonds is 1. The Bertz CT molecular complexity index is 527. The molecule has 0 atom stereocenters. The highest BCUT2D eigenvalue weighted by atomic mass is 35.5. The normalized spacial score (nSPS) is 13.9. The number of hydrogen-bond donors (Lipinski definition) is 0. The van der Waals surface area contributed by atoms with Crippen molar-refractivity contribution in [2.75, 3.05) is 11.4 Å². The smallest absolute Gasteiger partial charge is 0.231 e. The van der Waals surface area contributed by atoms with E-state index in [2.05, 4.69) is 33.1 Å². The van der Waals surface area contributed by atoms with Gasteiger partial charge in [0.15, 0.2) is 0 Å². The van der Waals surface area contributed by atoms with Crippen LogP contribution in [0.2, 0.25) is 5.15 Å². The quantitative estimate of drug-likeness (QED) is 0.707. The summed E-state index contributed by atoms with van der Waals surface area (Å²) in [6.07, 6.45) is 2.72. The monoisotopic (exact) mass is 231 g/mol. The van der Waals surface area contributed by atoms with E-state index in [4.69, 9.17) is 11.6 Å². The van der Waals surface area contributed by atoms with E-state index in [-0.39, 0.29) is 0 Å². The van der Waals surface area contributed by atoms with Gasteiger partial charge in [-0.15, -0.1) is 0 Å². The lowest BCUT2D eigenvalue weighted by Gasteiger charge is -2.16. The third-order valence-corrected chi connectivity index (χ3v) is 2.95. The first kappa shape index (κ1) is 9.60. The Labute approximate surface area is 98.7 Å². The van der Waals surface area contributed by atoms with E-state index < -0.39 is 0 Å². The van der Waals surface area contributed by atoms with Crippen LogP contribution in [0.4, 0.5) is 11.6 Å². The highest BCUT2D eigenvalue weighted by molar-refractivity contribution is 6.29. The molecule has 0 radical (unpaired) electrons. The Kier molecular flexibility index (Phi) is 2.26. The number of hydrogen-bond acceptors (Lipinski definition) is 3. The van der Waals surface area contributed by atoms with Crippen LogP contribution in [0.1, 0.15) is 5.56 Å². The van der Waals surface area contributed by atoms with Gasteiger partial charge in [0.25, 0.3) is 0 Å². The van der Waals surface area contributed by atoms with Crippen molar-refractivity contribution in [2.24, 2.45) is 0 Å². The Morgan fingerprint density at radius 1 is 1.19 bits per heavy atom. The zero-order valence-corrected chi connectivity index (χ0v) is 9.35. The molecule has 1 aromatic carbocycles. The molecule has 0 aliphatic carbocycles. The summed E-state index contributed by atoms with van der Waals surface area (Å²) in [5, 5.41) is 0.481. The number of halogens is 1. The maximum Gasteiger partial charge on any atom is 0.231 e. The molecule has 0 N–H and O–H groups in total. The molecule has 0 spiro atoms. The predicted molar refractivity (Wildman–Crippen MR) is 64.2 cm³/mol. The van der Waals surface area contributed by atoms with Crippen LogP contribution < -0.4 is 4.90 Å². The second kappa shape index (κ2) is 3.76. The van der Waals surface area contributed by atoms with E-state index in [0.717, 1.165) is 13.0 Å². The Morgan fingerprint density at radius 3 is 2.94 bits per heavy atom. The summed E-state index contributed by atoms with van der Waals surface area (Å²) in [6.45, 7) is 0.916. The van der Waals surface area contributed by atoms with Gasteiger partial charge >= 0.3 is 0 Å². The van der Waals surface area contributed by atoms with Crippen molar-refractivity contribution in [3.8, 4) is 0 Å². The number of fused-ring (bicyclic) bond motifs is 1. The molecular formula is C12H10ClN3. The molecule has 0 fully saturated rings. The summed E-state index contributed by atoms with van der Waals surface area (Å²) in [5.41, 5.74) is 2.52. The molecule has 0 saturated heterocycles. The summed E-state index contributed by atoms with van der Waals surface area (Å²) in [6, 6.07) is 10.0. The summed E-state index contributed by atoms with van der Waals surface area (Å²) in [7, 11) is 0. The second-order valence-electron chi connectivity index (χ2n) is 3.71.